The molecule has 1 aliphatic rings. The van der Waals surface area contributed by atoms with E-state index in [4.69, 9.17) is 0 Å². The van der Waals surface area contributed by atoms with Gasteiger partial charge in [0, 0.05) is 6.04 Å². The number of likely N-dealkylation sites (N-methyl/N-ethyl adjacent to an activating group) is 1. The molecule has 0 aliphatic heterocycles. The van der Waals surface area contributed by atoms with Crippen LogP contribution in [0.15, 0.2) is 12.2 Å². The summed E-state index contributed by atoms with van der Waals surface area (Å²) < 4.78 is 0. The minimum Gasteiger partial charge on any atom is -0.313 e. The number of hydrogen-bond donors (Lipinski definition) is 1. The molecule has 1 aliphatic carbocycles. The number of rotatable bonds is 5. The summed E-state index contributed by atoms with van der Waals surface area (Å²) in [6, 6.07) is 0.542. The molecule has 1 heteroatoms. The molecule has 1 nitrogen and oxygen atoms in total. The molecule has 1 atom stereocenters. The first kappa shape index (κ1) is 10.8. The van der Waals surface area contributed by atoms with Gasteiger partial charge in [-0.1, -0.05) is 37.8 Å². The fourth-order valence-electron chi connectivity index (χ4n) is 2.34. The number of hydrogen-bond acceptors (Lipinski definition) is 1. The molecule has 0 aromatic rings. The van der Waals surface area contributed by atoms with Gasteiger partial charge in [-0.15, -0.1) is 0 Å². The average Bonchev–Trinajstić information content (AvgIpc) is 2.57. The van der Waals surface area contributed by atoms with E-state index in [0.29, 0.717) is 6.04 Å². The number of nitrogens with one attached hydrogen (secondary N) is 1. The Balaban J connectivity index is 2.18. The van der Waals surface area contributed by atoms with Crippen molar-refractivity contribution in [2.75, 3.05) is 7.05 Å². The van der Waals surface area contributed by atoms with Crippen LogP contribution in [-0.4, -0.2) is 13.1 Å². The van der Waals surface area contributed by atoms with Gasteiger partial charge in [0.1, 0.15) is 0 Å². The van der Waals surface area contributed by atoms with Crippen LogP contribution < -0.4 is 5.32 Å². The highest BCUT2D eigenvalue weighted by atomic mass is 14.9. The molecule has 0 amide bonds. The lowest BCUT2D eigenvalue weighted by Crippen LogP contribution is -2.26. The van der Waals surface area contributed by atoms with Gasteiger partial charge >= 0.3 is 0 Å². The highest BCUT2D eigenvalue weighted by Crippen LogP contribution is 2.29. The molecule has 0 radical (unpaired) electrons. The van der Waals surface area contributed by atoms with Crippen molar-refractivity contribution >= 4 is 0 Å². The fraction of sp³-hybridized carbons (Fsp3) is 0.833. The van der Waals surface area contributed by atoms with Gasteiger partial charge in [-0.2, -0.15) is 0 Å². The molecule has 0 bridgehead atoms. The zero-order valence-electron chi connectivity index (χ0n) is 9.10. The van der Waals surface area contributed by atoms with Gasteiger partial charge < -0.3 is 5.32 Å². The van der Waals surface area contributed by atoms with E-state index in [1.54, 1.807) is 0 Å². The summed E-state index contributed by atoms with van der Waals surface area (Å²) in [5.74, 6) is 1.01. The third kappa shape index (κ3) is 3.51. The van der Waals surface area contributed by atoms with Gasteiger partial charge in [0.25, 0.3) is 0 Å². The van der Waals surface area contributed by atoms with Crippen LogP contribution in [0.4, 0.5) is 0 Å². The van der Waals surface area contributed by atoms with Crippen LogP contribution in [0.2, 0.25) is 0 Å². The van der Waals surface area contributed by atoms with Crippen molar-refractivity contribution in [3.63, 3.8) is 0 Å². The standard InChI is InChI=1S/C12H23N/c1-10(2)12(13-3)9-8-11-6-4-5-7-11/h11-13H,1,4-9H2,2-3H3. The molecular weight excluding hydrogens is 158 g/mol. The van der Waals surface area contributed by atoms with Crippen LogP contribution in [-0.2, 0) is 0 Å². The summed E-state index contributed by atoms with van der Waals surface area (Å²) >= 11 is 0. The molecular formula is C12H23N. The van der Waals surface area contributed by atoms with Crippen LogP contribution in [0.3, 0.4) is 0 Å². The third-order valence-corrected chi connectivity index (χ3v) is 3.28. The minimum atomic E-state index is 0.542. The van der Waals surface area contributed by atoms with Crippen molar-refractivity contribution in [1.29, 1.82) is 0 Å². The van der Waals surface area contributed by atoms with Gasteiger partial charge in [-0.25, -0.2) is 0 Å². The second-order valence-corrected chi connectivity index (χ2v) is 4.42. The normalized spacial score (nSPS) is 20.5. The zero-order chi connectivity index (χ0) is 9.68. The van der Waals surface area contributed by atoms with Crippen molar-refractivity contribution in [1.82, 2.24) is 5.32 Å². The highest BCUT2D eigenvalue weighted by Gasteiger charge is 2.16. The Morgan fingerprint density at radius 3 is 2.54 bits per heavy atom. The Labute approximate surface area is 82.6 Å². The Bertz CT molecular complexity index is 157. The minimum absolute atomic E-state index is 0.542. The molecule has 1 saturated carbocycles. The Hall–Kier alpha value is -0.300. The maximum Gasteiger partial charge on any atom is 0.0271 e. The molecule has 76 valence electrons. The van der Waals surface area contributed by atoms with E-state index < -0.39 is 0 Å². The molecule has 1 N–H and O–H groups in total. The van der Waals surface area contributed by atoms with Crippen molar-refractivity contribution in [2.24, 2.45) is 5.92 Å². The van der Waals surface area contributed by atoms with Crippen LogP contribution in [0.25, 0.3) is 0 Å². The van der Waals surface area contributed by atoms with Gasteiger partial charge in [0.05, 0.1) is 0 Å². The SMILES string of the molecule is C=C(C)C(CCC1CCCC1)NC. The third-order valence-electron chi connectivity index (χ3n) is 3.28. The first-order valence-electron chi connectivity index (χ1n) is 5.56. The fourth-order valence-corrected chi connectivity index (χ4v) is 2.34. The molecule has 0 aromatic carbocycles. The molecule has 0 spiro atoms. The van der Waals surface area contributed by atoms with Crippen LogP contribution in [0.1, 0.15) is 45.4 Å². The first-order chi connectivity index (χ1) is 6.24. The van der Waals surface area contributed by atoms with E-state index in [1.807, 2.05) is 7.05 Å². The predicted molar refractivity (Wildman–Crippen MR) is 58.9 cm³/mol. The van der Waals surface area contributed by atoms with Crippen LogP contribution in [0.5, 0.6) is 0 Å². The summed E-state index contributed by atoms with van der Waals surface area (Å²) in [5.41, 5.74) is 1.28. The lowest BCUT2D eigenvalue weighted by atomic mass is 9.96. The van der Waals surface area contributed by atoms with E-state index in [0.717, 1.165) is 5.92 Å². The smallest absolute Gasteiger partial charge is 0.0271 e. The first-order valence-corrected chi connectivity index (χ1v) is 5.56. The molecule has 13 heavy (non-hydrogen) atoms. The molecule has 1 rings (SSSR count). The molecule has 1 unspecified atom stereocenters. The van der Waals surface area contributed by atoms with Gasteiger partial charge in [-0.05, 0) is 32.7 Å². The van der Waals surface area contributed by atoms with E-state index in [9.17, 15) is 0 Å². The van der Waals surface area contributed by atoms with Gasteiger partial charge in [-0.3, -0.25) is 0 Å². The van der Waals surface area contributed by atoms with Crippen molar-refractivity contribution < 1.29 is 0 Å². The zero-order valence-corrected chi connectivity index (χ0v) is 9.10. The van der Waals surface area contributed by atoms with Crippen LogP contribution >= 0.6 is 0 Å². The Kier molecular flexibility index (Phi) is 4.51. The average molecular weight is 181 g/mol. The van der Waals surface area contributed by atoms with E-state index >= 15 is 0 Å². The summed E-state index contributed by atoms with van der Waals surface area (Å²) in [7, 11) is 2.04. The van der Waals surface area contributed by atoms with E-state index in [2.05, 4.69) is 18.8 Å². The molecule has 1 fully saturated rings. The van der Waals surface area contributed by atoms with Gasteiger partial charge in [0.2, 0.25) is 0 Å². The van der Waals surface area contributed by atoms with Crippen molar-refractivity contribution in [3.8, 4) is 0 Å². The van der Waals surface area contributed by atoms with E-state index in [1.165, 1.54) is 44.1 Å². The lowest BCUT2D eigenvalue weighted by molar-refractivity contribution is 0.444. The van der Waals surface area contributed by atoms with E-state index in [-0.39, 0.29) is 0 Å². The van der Waals surface area contributed by atoms with Crippen molar-refractivity contribution in [3.05, 3.63) is 12.2 Å². The molecule has 0 saturated heterocycles. The second-order valence-electron chi connectivity index (χ2n) is 4.42. The lowest BCUT2D eigenvalue weighted by Gasteiger charge is -2.18. The van der Waals surface area contributed by atoms with Gasteiger partial charge in [0.15, 0.2) is 0 Å². The quantitative estimate of drug-likeness (QED) is 0.643. The Morgan fingerprint density at radius 2 is 2.08 bits per heavy atom. The maximum absolute atomic E-state index is 4.01. The largest absolute Gasteiger partial charge is 0.313 e. The monoisotopic (exact) mass is 181 g/mol. The predicted octanol–water partition coefficient (Wildman–Crippen LogP) is 3.12. The van der Waals surface area contributed by atoms with Crippen LogP contribution in [0, 0.1) is 5.92 Å². The summed E-state index contributed by atoms with van der Waals surface area (Å²) in [6.45, 7) is 6.13. The highest BCUT2D eigenvalue weighted by molar-refractivity contribution is 5.00. The summed E-state index contributed by atoms with van der Waals surface area (Å²) in [5, 5.41) is 3.33. The maximum atomic E-state index is 4.01. The van der Waals surface area contributed by atoms with Crippen molar-refractivity contribution in [2.45, 2.75) is 51.5 Å². The Morgan fingerprint density at radius 1 is 1.46 bits per heavy atom. The second kappa shape index (κ2) is 5.43. The topological polar surface area (TPSA) is 12.0 Å². The molecule has 0 aromatic heterocycles. The summed E-state index contributed by atoms with van der Waals surface area (Å²) in [6.07, 6.45) is 8.51. The molecule has 0 heterocycles. The summed E-state index contributed by atoms with van der Waals surface area (Å²) in [4.78, 5) is 0.